The van der Waals surface area contributed by atoms with Crippen molar-refractivity contribution >= 4 is 0 Å². The lowest BCUT2D eigenvalue weighted by Crippen LogP contribution is -2.49. The minimum atomic E-state index is -2.48. The summed E-state index contributed by atoms with van der Waals surface area (Å²) in [5.74, 6) is -3.00. The van der Waals surface area contributed by atoms with E-state index in [0.717, 1.165) is 13.1 Å². The van der Waals surface area contributed by atoms with Gasteiger partial charge in [0, 0.05) is 32.0 Å². The molecule has 1 N–H and O–H groups in total. The molecular formula is C10H20F2N2. The summed E-state index contributed by atoms with van der Waals surface area (Å²) in [5, 5.41) is 3.04. The zero-order valence-corrected chi connectivity index (χ0v) is 9.02. The Labute approximate surface area is 84.7 Å². The van der Waals surface area contributed by atoms with E-state index in [2.05, 4.69) is 10.2 Å². The molecule has 1 unspecified atom stereocenters. The van der Waals surface area contributed by atoms with Crippen LogP contribution in [0.3, 0.4) is 0 Å². The van der Waals surface area contributed by atoms with Gasteiger partial charge in [-0.15, -0.1) is 0 Å². The maximum atomic E-state index is 13.4. The van der Waals surface area contributed by atoms with Crippen LogP contribution >= 0.6 is 0 Å². The summed E-state index contributed by atoms with van der Waals surface area (Å²) in [6.07, 6.45) is -0.0149. The number of halogens is 2. The highest BCUT2D eigenvalue weighted by Gasteiger charge is 2.41. The van der Waals surface area contributed by atoms with Crippen LogP contribution in [0.5, 0.6) is 0 Å². The van der Waals surface area contributed by atoms with Gasteiger partial charge in [0.25, 0.3) is 5.92 Å². The van der Waals surface area contributed by atoms with Crippen molar-refractivity contribution in [1.82, 2.24) is 10.2 Å². The molecule has 0 aromatic rings. The van der Waals surface area contributed by atoms with Crippen molar-refractivity contribution in [1.29, 1.82) is 0 Å². The molecule has 1 aliphatic rings. The van der Waals surface area contributed by atoms with E-state index in [0.29, 0.717) is 19.6 Å². The molecule has 0 amide bonds. The number of alkyl halides is 2. The number of piperidine rings is 1. The molecule has 14 heavy (non-hydrogen) atoms. The Kier molecular flexibility index (Phi) is 4.26. The van der Waals surface area contributed by atoms with E-state index in [1.807, 2.05) is 13.8 Å². The first-order valence-corrected chi connectivity index (χ1v) is 5.41. The van der Waals surface area contributed by atoms with Crippen LogP contribution in [-0.4, -0.2) is 43.5 Å². The van der Waals surface area contributed by atoms with Crippen LogP contribution in [0.1, 0.15) is 20.3 Å². The quantitative estimate of drug-likeness (QED) is 0.751. The Morgan fingerprint density at radius 3 is 2.50 bits per heavy atom. The SMILES string of the molecule is CCN(CC)CC1CNCCC1(F)F. The van der Waals surface area contributed by atoms with Crippen molar-refractivity contribution in [3.8, 4) is 0 Å². The van der Waals surface area contributed by atoms with Gasteiger partial charge in [-0.05, 0) is 13.1 Å². The van der Waals surface area contributed by atoms with Crippen LogP contribution < -0.4 is 5.32 Å². The first kappa shape index (κ1) is 11.9. The first-order chi connectivity index (χ1) is 6.60. The summed E-state index contributed by atoms with van der Waals surface area (Å²) in [6.45, 7) is 7.13. The molecule has 0 aromatic carbocycles. The zero-order valence-electron chi connectivity index (χ0n) is 9.02. The second-order valence-electron chi connectivity index (χ2n) is 3.90. The van der Waals surface area contributed by atoms with E-state index < -0.39 is 11.8 Å². The number of rotatable bonds is 4. The second-order valence-corrected chi connectivity index (χ2v) is 3.90. The maximum absolute atomic E-state index is 13.4. The van der Waals surface area contributed by atoms with Crippen molar-refractivity contribution in [3.05, 3.63) is 0 Å². The van der Waals surface area contributed by atoms with E-state index in [1.165, 1.54) is 0 Å². The fraction of sp³-hybridized carbons (Fsp3) is 1.00. The van der Waals surface area contributed by atoms with Gasteiger partial charge in [-0.25, -0.2) is 8.78 Å². The van der Waals surface area contributed by atoms with Gasteiger partial charge in [-0.3, -0.25) is 0 Å². The highest BCUT2D eigenvalue weighted by atomic mass is 19.3. The van der Waals surface area contributed by atoms with Crippen molar-refractivity contribution in [2.24, 2.45) is 5.92 Å². The largest absolute Gasteiger partial charge is 0.316 e. The van der Waals surface area contributed by atoms with Crippen molar-refractivity contribution < 1.29 is 8.78 Å². The van der Waals surface area contributed by atoms with Gasteiger partial charge in [0.15, 0.2) is 0 Å². The lowest BCUT2D eigenvalue weighted by atomic mass is 9.94. The fourth-order valence-electron chi connectivity index (χ4n) is 1.88. The summed E-state index contributed by atoms with van der Waals surface area (Å²) in [5.41, 5.74) is 0. The lowest BCUT2D eigenvalue weighted by molar-refractivity contribution is -0.0865. The number of hydrogen-bond donors (Lipinski definition) is 1. The second kappa shape index (κ2) is 5.03. The molecule has 1 heterocycles. The van der Waals surface area contributed by atoms with Gasteiger partial charge in [-0.2, -0.15) is 0 Å². The van der Waals surface area contributed by atoms with E-state index in [9.17, 15) is 8.78 Å². The van der Waals surface area contributed by atoms with E-state index in [4.69, 9.17) is 0 Å². The molecule has 0 aliphatic carbocycles. The number of nitrogens with one attached hydrogen (secondary N) is 1. The molecule has 4 heteroatoms. The van der Waals surface area contributed by atoms with Crippen molar-refractivity contribution in [3.63, 3.8) is 0 Å². The highest BCUT2D eigenvalue weighted by Crippen LogP contribution is 2.30. The van der Waals surface area contributed by atoms with Gasteiger partial charge in [-0.1, -0.05) is 13.8 Å². The maximum Gasteiger partial charge on any atom is 0.254 e. The van der Waals surface area contributed by atoms with Crippen LogP contribution in [0.4, 0.5) is 8.78 Å². The smallest absolute Gasteiger partial charge is 0.254 e. The summed E-state index contributed by atoms with van der Waals surface area (Å²) >= 11 is 0. The van der Waals surface area contributed by atoms with Gasteiger partial charge in [0.1, 0.15) is 0 Å². The monoisotopic (exact) mass is 206 g/mol. The third kappa shape index (κ3) is 2.89. The molecule has 0 radical (unpaired) electrons. The molecule has 0 spiro atoms. The molecule has 1 rings (SSSR count). The molecule has 1 saturated heterocycles. The van der Waals surface area contributed by atoms with E-state index in [-0.39, 0.29) is 6.42 Å². The topological polar surface area (TPSA) is 15.3 Å². The standard InChI is InChI=1S/C10H20F2N2/c1-3-14(4-2)8-9-7-13-6-5-10(9,11)12/h9,13H,3-8H2,1-2H3. The molecule has 1 fully saturated rings. The Morgan fingerprint density at radius 2 is 2.00 bits per heavy atom. The van der Waals surface area contributed by atoms with Gasteiger partial charge >= 0.3 is 0 Å². The Bertz CT molecular complexity index is 170. The summed E-state index contributed by atoms with van der Waals surface area (Å²) in [7, 11) is 0. The number of nitrogens with zero attached hydrogens (tertiary/aromatic N) is 1. The summed E-state index contributed by atoms with van der Waals surface area (Å²) in [6, 6.07) is 0. The van der Waals surface area contributed by atoms with E-state index in [1.54, 1.807) is 0 Å². The fourth-order valence-corrected chi connectivity index (χ4v) is 1.88. The molecule has 0 bridgehead atoms. The minimum Gasteiger partial charge on any atom is -0.316 e. The van der Waals surface area contributed by atoms with Crippen LogP contribution in [0.15, 0.2) is 0 Å². The number of hydrogen-bond acceptors (Lipinski definition) is 2. The molecule has 0 saturated carbocycles. The first-order valence-electron chi connectivity index (χ1n) is 5.41. The Balaban J connectivity index is 2.48. The normalized spacial score (nSPS) is 26.8. The molecule has 0 aromatic heterocycles. The minimum absolute atomic E-state index is 0.0149. The van der Waals surface area contributed by atoms with E-state index >= 15 is 0 Å². The highest BCUT2D eigenvalue weighted by molar-refractivity contribution is 4.86. The Hall–Kier alpha value is -0.220. The van der Waals surface area contributed by atoms with Crippen molar-refractivity contribution in [2.75, 3.05) is 32.7 Å². The molecule has 2 nitrogen and oxygen atoms in total. The van der Waals surface area contributed by atoms with Gasteiger partial charge in [0.05, 0.1) is 0 Å². The molecule has 84 valence electrons. The summed E-state index contributed by atoms with van der Waals surface area (Å²) in [4.78, 5) is 2.06. The molecular weight excluding hydrogens is 186 g/mol. The third-order valence-corrected chi connectivity index (χ3v) is 3.00. The van der Waals surface area contributed by atoms with Crippen molar-refractivity contribution in [2.45, 2.75) is 26.2 Å². The predicted octanol–water partition coefficient (Wildman–Crippen LogP) is 1.57. The Morgan fingerprint density at radius 1 is 1.36 bits per heavy atom. The van der Waals surface area contributed by atoms with Crippen LogP contribution in [-0.2, 0) is 0 Å². The van der Waals surface area contributed by atoms with Crippen LogP contribution in [0.2, 0.25) is 0 Å². The van der Waals surface area contributed by atoms with Gasteiger partial charge < -0.3 is 10.2 Å². The van der Waals surface area contributed by atoms with Crippen LogP contribution in [0, 0.1) is 5.92 Å². The molecule has 1 atom stereocenters. The predicted molar refractivity (Wildman–Crippen MR) is 53.7 cm³/mol. The average Bonchev–Trinajstić information content (AvgIpc) is 2.16. The lowest BCUT2D eigenvalue weighted by Gasteiger charge is -2.35. The summed E-state index contributed by atoms with van der Waals surface area (Å²) < 4.78 is 26.9. The van der Waals surface area contributed by atoms with Gasteiger partial charge in [0.2, 0.25) is 0 Å². The average molecular weight is 206 g/mol. The molecule has 1 aliphatic heterocycles. The third-order valence-electron chi connectivity index (χ3n) is 3.00. The van der Waals surface area contributed by atoms with Crippen LogP contribution in [0.25, 0.3) is 0 Å². The zero-order chi connectivity index (χ0) is 10.6.